The third kappa shape index (κ3) is 2.58. The van der Waals surface area contributed by atoms with Gasteiger partial charge >= 0.3 is 0 Å². The minimum absolute atomic E-state index is 0.629. The van der Waals surface area contributed by atoms with E-state index in [0.717, 1.165) is 43.3 Å². The van der Waals surface area contributed by atoms with Crippen LogP contribution in [0.1, 0.15) is 23.6 Å². The quantitative estimate of drug-likeness (QED) is 0.828. The molecule has 2 atom stereocenters. The zero-order valence-corrected chi connectivity index (χ0v) is 16.0. The van der Waals surface area contributed by atoms with Crippen molar-refractivity contribution in [2.24, 2.45) is 0 Å². The highest BCUT2D eigenvalue weighted by atomic mass is 35.5. The van der Waals surface area contributed by atoms with Crippen LogP contribution in [0.15, 0.2) is 36.5 Å². The van der Waals surface area contributed by atoms with Gasteiger partial charge in [0.25, 0.3) is 0 Å². The summed E-state index contributed by atoms with van der Waals surface area (Å²) in [6, 6.07) is 11.4. The van der Waals surface area contributed by atoms with Crippen molar-refractivity contribution < 1.29 is 0 Å². The normalized spacial score (nSPS) is 24.5. The molecule has 0 unspecified atom stereocenters. The number of fused-ring (bicyclic) bond motifs is 3. The summed E-state index contributed by atoms with van der Waals surface area (Å²) in [7, 11) is 2.22. The minimum Gasteiger partial charge on any atom is -0.371 e. The van der Waals surface area contributed by atoms with Gasteiger partial charge in [0.15, 0.2) is 0 Å². The Labute approximate surface area is 160 Å². The molecule has 1 fully saturated rings. The van der Waals surface area contributed by atoms with Gasteiger partial charge in [0, 0.05) is 64.3 Å². The number of likely N-dealkylation sites (N-methyl/N-ethyl adjacent to an activating group) is 1. The Hall–Kier alpha value is -1.78. The van der Waals surface area contributed by atoms with Crippen LogP contribution in [0.25, 0.3) is 0 Å². The maximum atomic E-state index is 6.28. The minimum atomic E-state index is 0.629. The molecule has 0 N–H and O–H groups in total. The van der Waals surface area contributed by atoms with Crippen LogP contribution >= 0.6 is 11.6 Å². The molecular weight excluding hydrogens is 344 g/mol. The topological polar surface area (TPSA) is 22.6 Å². The zero-order chi connectivity index (χ0) is 17.7. The first kappa shape index (κ1) is 16.4. The number of benzene rings is 1. The van der Waals surface area contributed by atoms with Gasteiger partial charge in [-0.05, 0) is 30.2 Å². The van der Waals surface area contributed by atoms with Crippen LogP contribution in [-0.4, -0.2) is 55.7 Å². The van der Waals surface area contributed by atoms with E-state index in [1.165, 1.54) is 24.3 Å². The highest BCUT2D eigenvalue weighted by Gasteiger charge is 2.44. The first-order valence-corrected chi connectivity index (χ1v) is 10.0. The maximum absolute atomic E-state index is 6.28. The van der Waals surface area contributed by atoms with Crippen molar-refractivity contribution in [3.63, 3.8) is 0 Å². The first-order valence-electron chi connectivity index (χ1n) is 9.65. The molecule has 1 aromatic heterocycles. The fourth-order valence-corrected chi connectivity index (χ4v) is 5.26. The van der Waals surface area contributed by atoms with Crippen LogP contribution in [0.4, 0.5) is 11.4 Å². The van der Waals surface area contributed by atoms with Crippen LogP contribution in [-0.2, 0) is 6.42 Å². The number of piperidine rings is 1. The zero-order valence-electron chi connectivity index (χ0n) is 15.2. The molecule has 0 saturated carbocycles. The lowest BCUT2D eigenvalue weighted by atomic mass is 9.89. The fraction of sp³-hybridized carbons (Fsp3) is 0.476. The highest BCUT2D eigenvalue weighted by molar-refractivity contribution is 6.31. The molecule has 4 heterocycles. The number of likely N-dealkylation sites (tertiary alicyclic amines) is 1. The standard InChI is InChI=1S/C21H25ClN4/c1-24-12-13-26-19-8-11-25(10-7-18-17(22)5-3-9-23-18)14-16(19)15-4-2-6-20(24)21(15)26/h2-6,9,16,19H,7-8,10-14H2,1H3/t16-,19-/m0/s1. The van der Waals surface area contributed by atoms with Gasteiger partial charge in [0.1, 0.15) is 0 Å². The number of rotatable bonds is 3. The third-order valence-corrected chi connectivity index (χ3v) is 6.72. The molecule has 0 aliphatic carbocycles. The van der Waals surface area contributed by atoms with Gasteiger partial charge in [0.05, 0.1) is 22.1 Å². The van der Waals surface area contributed by atoms with E-state index in [2.05, 4.69) is 44.9 Å². The van der Waals surface area contributed by atoms with E-state index >= 15 is 0 Å². The smallest absolute Gasteiger partial charge is 0.0644 e. The Balaban J connectivity index is 1.35. The Kier molecular flexibility index (Phi) is 4.06. The predicted octanol–water partition coefficient (Wildman–Crippen LogP) is 3.41. The van der Waals surface area contributed by atoms with E-state index < -0.39 is 0 Å². The molecule has 1 saturated heterocycles. The molecule has 1 aromatic carbocycles. The monoisotopic (exact) mass is 368 g/mol. The van der Waals surface area contributed by atoms with Crippen LogP contribution in [0, 0.1) is 0 Å². The highest BCUT2D eigenvalue weighted by Crippen LogP contribution is 2.50. The summed E-state index contributed by atoms with van der Waals surface area (Å²) in [4.78, 5) is 12.2. The number of hydrogen-bond acceptors (Lipinski definition) is 4. The lowest BCUT2D eigenvalue weighted by molar-refractivity contribution is 0.195. The van der Waals surface area contributed by atoms with Crippen molar-refractivity contribution in [3.05, 3.63) is 52.8 Å². The molecule has 3 aliphatic heterocycles. The predicted molar refractivity (Wildman–Crippen MR) is 108 cm³/mol. The summed E-state index contributed by atoms with van der Waals surface area (Å²) in [6.07, 6.45) is 4.01. The van der Waals surface area contributed by atoms with Gasteiger partial charge < -0.3 is 14.7 Å². The third-order valence-electron chi connectivity index (χ3n) is 6.38. The van der Waals surface area contributed by atoms with Crippen molar-refractivity contribution in [1.82, 2.24) is 9.88 Å². The van der Waals surface area contributed by atoms with E-state index in [1.807, 2.05) is 18.3 Å². The van der Waals surface area contributed by atoms with Gasteiger partial charge in [-0.2, -0.15) is 0 Å². The first-order chi connectivity index (χ1) is 12.7. The molecule has 0 spiro atoms. The summed E-state index contributed by atoms with van der Waals surface area (Å²) < 4.78 is 0. The summed E-state index contributed by atoms with van der Waals surface area (Å²) in [6.45, 7) is 5.63. The van der Waals surface area contributed by atoms with Crippen LogP contribution < -0.4 is 9.80 Å². The van der Waals surface area contributed by atoms with E-state index in [-0.39, 0.29) is 0 Å². The molecule has 136 valence electrons. The number of halogens is 1. The molecular formula is C21H25ClN4. The molecule has 0 bridgehead atoms. The molecule has 3 aliphatic rings. The van der Waals surface area contributed by atoms with Gasteiger partial charge in [-0.1, -0.05) is 23.7 Å². The van der Waals surface area contributed by atoms with Crippen LogP contribution in [0.3, 0.4) is 0 Å². The van der Waals surface area contributed by atoms with Gasteiger partial charge in [-0.25, -0.2) is 0 Å². The van der Waals surface area contributed by atoms with Crippen molar-refractivity contribution in [3.8, 4) is 0 Å². The summed E-state index contributed by atoms with van der Waals surface area (Å²) in [5, 5.41) is 0.790. The Morgan fingerprint density at radius 2 is 2.08 bits per heavy atom. The van der Waals surface area contributed by atoms with Crippen molar-refractivity contribution >= 4 is 23.0 Å². The number of pyridine rings is 1. The summed E-state index contributed by atoms with van der Waals surface area (Å²) in [5.74, 6) is 0.629. The molecule has 0 radical (unpaired) electrons. The summed E-state index contributed by atoms with van der Waals surface area (Å²) >= 11 is 6.28. The largest absolute Gasteiger partial charge is 0.371 e. The van der Waals surface area contributed by atoms with Gasteiger partial charge in [-0.3, -0.25) is 4.98 Å². The average molecular weight is 369 g/mol. The lowest BCUT2D eigenvalue weighted by Gasteiger charge is -2.41. The average Bonchev–Trinajstić information content (AvgIpc) is 2.99. The molecule has 5 heteroatoms. The second-order valence-electron chi connectivity index (χ2n) is 7.77. The maximum Gasteiger partial charge on any atom is 0.0644 e. The summed E-state index contributed by atoms with van der Waals surface area (Å²) in [5.41, 5.74) is 5.49. The molecule has 4 nitrogen and oxygen atoms in total. The van der Waals surface area contributed by atoms with E-state index in [0.29, 0.717) is 12.0 Å². The van der Waals surface area contributed by atoms with Crippen LogP contribution in [0.2, 0.25) is 5.02 Å². The number of anilines is 2. The second-order valence-corrected chi connectivity index (χ2v) is 8.18. The number of para-hydroxylation sites is 1. The van der Waals surface area contributed by atoms with Gasteiger partial charge in [-0.15, -0.1) is 0 Å². The Bertz CT molecular complexity index is 823. The number of hydrogen-bond donors (Lipinski definition) is 0. The number of aromatic nitrogens is 1. The second kappa shape index (κ2) is 6.43. The molecule has 0 amide bonds. The molecule has 2 aromatic rings. The molecule has 5 rings (SSSR count). The Morgan fingerprint density at radius 3 is 2.96 bits per heavy atom. The van der Waals surface area contributed by atoms with E-state index in [1.54, 1.807) is 5.56 Å². The fourth-order valence-electron chi connectivity index (χ4n) is 5.05. The van der Waals surface area contributed by atoms with Gasteiger partial charge in [0.2, 0.25) is 0 Å². The van der Waals surface area contributed by atoms with E-state index in [9.17, 15) is 0 Å². The number of nitrogens with zero attached hydrogens (tertiary/aromatic N) is 4. The van der Waals surface area contributed by atoms with Crippen LogP contribution in [0.5, 0.6) is 0 Å². The SMILES string of the molecule is CN1CCN2c3c(cccc31)[C@@H]1CN(CCc3ncccc3Cl)CC[C@@H]12. The lowest BCUT2D eigenvalue weighted by Crippen LogP contribution is -2.49. The van der Waals surface area contributed by atoms with Crippen molar-refractivity contribution in [2.45, 2.75) is 24.8 Å². The molecule has 26 heavy (non-hydrogen) atoms. The Morgan fingerprint density at radius 1 is 1.15 bits per heavy atom. The van der Waals surface area contributed by atoms with Crippen molar-refractivity contribution in [2.75, 3.05) is 49.6 Å². The van der Waals surface area contributed by atoms with Crippen molar-refractivity contribution in [1.29, 1.82) is 0 Å². The van der Waals surface area contributed by atoms with E-state index in [4.69, 9.17) is 11.6 Å².